The minimum Gasteiger partial charge on any atom is -0.325 e. The second kappa shape index (κ2) is 8.65. The van der Waals surface area contributed by atoms with E-state index in [1.807, 2.05) is 31.2 Å². The number of hydrogen-bond acceptors (Lipinski definition) is 4. The van der Waals surface area contributed by atoms with Crippen molar-refractivity contribution in [3.63, 3.8) is 0 Å². The van der Waals surface area contributed by atoms with E-state index in [-0.39, 0.29) is 16.8 Å². The van der Waals surface area contributed by atoms with Crippen LogP contribution in [0, 0.1) is 6.92 Å². The van der Waals surface area contributed by atoms with Gasteiger partial charge in [0.2, 0.25) is 15.9 Å². The second-order valence-corrected chi connectivity index (χ2v) is 8.56. The summed E-state index contributed by atoms with van der Waals surface area (Å²) < 4.78 is 27.6. The summed E-state index contributed by atoms with van der Waals surface area (Å²) in [5.41, 5.74) is 1.85. The van der Waals surface area contributed by atoms with Gasteiger partial charge in [0.05, 0.1) is 11.4 Å². The number of benzene rings is 2. The van der Waals surface area contributed by atoms with Gasteiger partial charge in [-0.3, -0.25) is 9.69 Å². The number of para-hydroxylation sites is 1. The van der Waals surface area contributed by atoms with Crippen molar-refractivity contribution >= 4 is 21.6 Å². The highest BCUT2D eigenvalue weighted by Gasteiger charge is 2.25. The maximum absolute atomic E-state index is 12.4. The lowest BCUT2D eigenvalue weighted by atomic mass is 10.1. The predicted octanol–water partition coefficient (Wildman–Crippen LogP) is 2.38. The SMILES string of the molecule is Cc1ccccc1NC(=O)CN1CCC(NS(=O)(=O)c2ccccc2)CC1. The first-order chi connectivity index (χ1) is 12.9. The maximum atomic E-state index is 12.4. The number of nitrogens with one attached hydrogen (secondary N) is 2. The van der Waals surface area contributed by atoms with Crippen molar-refractivity contribution in [2.75, 3.05) is 25.0 Å². The van der Waals surface area contributed by atoms with Gasteiger partial charge in [-0.1, -0.05) is 36.4 Å². The van der Waals surface area contributed by atoms with Crippen LogP contribution in [-0.2, 0) is 14.8 Å². The van der Waals surface area contributed by atoms with E-state index in [9.17, 15) is 13.2 Å². The van der Waals surface area contributed by atoms with Gasteiger partial charge in [-0.05, 0) is 43.5 Å². The lowest BCUT2D eigenvalue weighted by molar-refractivity contribution is -0.117. The molecule has 0 aliphatic carbocycles. The van der Waals surface area contributed by atoms with E-state index >= 15 is 0 Å². The van der Waals surface area contributed by atoms with Gasteiger partial charge in [-0.15, -0.1) is 0 Å². The third-order valence-electron chi connectivity index (χ3n) is 4.75. The standard InChI is InChI=1S/C20H25N3O3S/c1-16-7-5-6-10-19(16)21-20(24)15-23-13-11-17(12-14-23)22-27(25,26)18-8-3-2-4-9-18/h2-10,17,22H,11-15H2,1H3,(H,21,24). The van der Waals surface area contributed by atoms with Crippen LogP contribution in [0.25, 0.3) is 0 Å². The first-order valence-electron chi connectivity index (χ1n) is 9.09. The van der Waals surface area contributed by atoms with Crippen LogP contribution >= 0.6 is 0 Å². The first kappa shape index (κ1) is 19.5. The van der Waals surface area contributed by atoms with Crippen molar-refractivity contribution in [3.05, 3.63) is 60.2 Å². The van der Waals surface area contributed by atoms with E-state index in [1.54, 1.807) is 30.3 Å². The van der Waals surface area contributed by atoms with Gasteiger partial charge in [-0.2, -0.15) is 0 Å². The molecule has 1 aliphatic rings. The largest absolute Gasteiger partial charge is 0.325 e. The topological polar surface area (TPSA) is 78.5 Å². The molecule has 6 nitrogen and oxygen atoms in total. The minimum atomic E-state index is -3.49. The van der Waals surface area contributed by atoms with Crippen LogP contribution in [-0.4, -0.2) is 44.9 Å². The number of hydrogen-bond donors (Lipinski definition) is 2. The second-order valence-electron chi connectivity index (χ2n) is 6.85. The molecule has 2 N–H and O–H groups in total. The first-order valence-corrected chi connectivity index (χ1v) is 10.6. The van der Waals surface area contributed by atoms with Crippen molar-refractivity contribution in [3.8, 4) is 0 Å². The van der Waals surface area contributed by atoms with Gasteiger partial charge >= 0.3 is 0 Å². The lowest BCUT2D eigenvalue weighted by Gasteiger charge is -2.31. The number of likely N-dealkylation sites (tertiary alicyclic amines) is 1. The number of aryl methyl sites for hydroxylation is 1. The average molecular weight is 388 g/mol. The molecular weight excluding hydrogens is 362 g/mol. The van der Waals surface area contributed by atoms with Gasteiger partial charge in [0.25, 0.3) is 0 Å². The molecule has 0 atom stereocenters. The summed E-state index contributed by atoms with van der Waals surface area (Å²) in [6, 6.07) is 16.0. The molecule has 1 fully saturated rings. The predicted molar refractivity (Wildman–Crippen MR) is 106 cm³/mol. The number of rotatable bonds is 6. The molecule has 2 aromatic rings. The van der Waals surface area contributed by atoms with Gasteiger partial charge in [0, 0.05) is 24.8 Å². The van der Waals surface area contributed by atoms with E-state index in [2.05, 4.69) is 14.9 Å². The van der Waals surface area contributed by atoms with Crippen molar-refractivity contribution in [1.82, 2.24) is 9.62 Å². The molecule has 2 aromatic carbocycles. The monoisotopic (exact) mass is 387 g/mol. The Bertz CT molecular complexity index is 876. The normalized spacial score (nSPS) is 16.2. The fraction of sp³-hybridized carbons (Fsp3) is 0.350. The molecule has 1 aliphatic heterocycles. The van der Waals surface area contributed by atoms with E-state index in [4.69, 9.17) is 0 Å². The summed E-state index contributed by atoms with van der Waals surface area (Å²) in [7, 11) is -3.49. The summed E-state index contributed by atoms with van der Waals surface area (Å²) in [5.74, 6) is -0.0485. The van der Waals surface area contributed by atoms with Crippen molar-refractivity contribution in [1.29, 1.82) is 0 Å². The maximum Gasteiger partial charge on any atom is 0.240 e. The molecule has 0 bridgehead atoms. The Kier molecular flexibility index (Phi) is 6.26. The van der Waals surface area contributed by atoms with Gasteiger partial charge < -0.3 is 5.32 Å². The molecule has 0 radical (unpaired) electrons. The number of nitrogens with zero attached hydrogens (tertiary/aromatic N) is 1. The molecule has 144 valence electrons. The quantitative estimate of drug-likeness (QED) is 0.798. The Morgan fingerprint density at radius 1 is 1.04 bits per heavy atom. The minimum absolute atomic E-state index is 0.0485. The highest BCUT2D eigenvalue weighted by atomic mass is 32.2. The highest BCUT2D eigenvalue weighted by molar-refractivity contribution is 7.89. The third kappa shape index (κ3) is 5.38. The Labute approximate surface area is 160 Å². The fourth-order valence-corrected chi connectivity index (χ4v) is 4.53. The Morgan fingerprint density at radius 3 is 2.33 bits per heavy atom. The molecule has 1 heterocycles. The van der Waals surface area contributed by atoms with Crippen molar-refractivity contribution in [2.24, 2.45) is 0 Å². The molecule has 7 heteroatoms. The molecule has 1 saturated heterocycles. The van der Waals surface area contributed by atoms with E-state index in [0.717, 1.165) is 11.3 Å². The molecule has 3 rings (SSSR count). The van der Waals surface area contributed by atoms with Crippen LogP contribution in [0.5, 0.6) is 0 Å². The van der Waals surface area contributed by atoms with Crippen LogP contribution in [0.1, 0.15) is 18.4 Å². The molecule has 0 spiro atoms. The number of carbonyl (C=O) groups excluding carboxylic acids is 1. The zero-order chi connectivity index (χ0) is 19.3. The number of sulfonamides is 1. The van der Waals surface area contributed by atoms with Crippen molar-refractivity contribution in [2.45, 2.75) is 30.7 Å². The van der Waals surface area contributed by atoms with Gasteiger partial charge in [0.15, 0.2) is 0 Å². The summed E-state index contributed by atoms with van der Waals surface area (Å²) in [6.07, 6.45) is 1.37. The molecule has 0 aromatic heterocycles. The van der Waals surface area contributed by atoms with E-state index in [0.29, 0.717) is 32.5 Å². The molecule has 27 heavy (non-hydrogen) atoms. The lowest BCUT2D eigenvalue weighted by Crippen LogP contribution is -2.46. The number of anilines is 1. The molecular formula is C20H25N3O3S. The highest BCUT2D eigenvalue weighted by Crippen LogP contribution is 2.16. The zero-order valence-corrected chi connectivity index (χ0v) is 16.2. The Hall–Kier alpha value is -2.22. The Morgan fingerprint density at radius 2 is 1.67 bits per heavy atom. The number of amides is 1. The fourth-order valence-electron chi connectivity index (χ4n) is 3.20. The van der Waals surface area contributed by atoms with Crippen LogP contribution in [0.4, 0.5) is 5.69 Å². The van der Waals surface area contributed by atoms with Crippen LogP contribution < -0.4 is 10.0 Å². The van der Waals surface area contributed by atoms with Crippen LogP contribution in [0.15, 0.2) is 59.5 Å². The van der Waals surface area contributed by atoms with Crippen LogP contribution in [0.2, 0.25) is 0 Å². The summed E-state index contributed by atoms with van der Waals surface area (Å²) in [6.45, 7) is 3.64. The van der Waals surface area contributed by atoms with E-state index in [1.165, 1.54) is 0 Å². The number of carbonyl (C=O) groups is 1. The van der Waals surface area contributed by atoms with Crippen LogP contribution in [0.3, 0.4) is 0 Å². The van der Waals surface area contributed by atoms with Gasteiger partial charge in [0.1, 0.15) is 0 Å². The Balaban J connectivity index is 1.48. The zero-order valence-electron chi connectivity index (χ0n) is 15.4. The smallest absolute Gasteiger partial charge is 0.240 e. The van der Waals surface area contributed by atoms with Crippen molar-refractivity contribution < 1.29 is 13.2 Å². The average Bonchev–Trinajstić information content (AvgIpc) is 2.66. The molecule has 1 amide bonds. The molecule has 0 saturated carbocycles. The number of piperidine rings is 1. The summed E-state index contributed by atoms with van der Waals surface area (Å²) in [4.78, 5) is 14.6. The van der Waals surface area contributed by atoms with Gasteiger partial charge in [-0.25, -0.2) is 13.1 Å². The third-order valence-corrected chi connectivity index (χ3v) is 6.29. The summed E-state index contributed by atoms with van der Waals surface area (Å²) >= 11 is 0. The summed E-state index contributed by atoms with van der Waals surface area (Å²) in [5, 5.41) is 2.94. The van der Waals surface area contributed by atoms with E-state index < -0.39 is 10.0 Å². The molecule has 0 unspecified atom stereocenters.